The maximum absolute atomic E-state index is 12.4. The Balaban J connectivity index is 1.19. The zero-order valence-corrected chi connectivity index (χ0v) is 22.1. The highest BCUT2D eigenvalue weighted by molar-refractivity contribution is 5.87. The quantitative estimate of drug-likeness (QED) is 0.211. The van der Waals surface area contributed by atoms with Crippen molar-refractivity contribution in [3.8, 4) is 33.6 Å². The first-order chi connectivity index (χ1) is 19.1. The first-order valence-corrected chi connectivity index (χ1v) is 13.3. The van der Waals surface area contributed by atoms with Crippen LogP contribution in [0.25, 0.3) is 33.6 Å². The molecule has 4 aromatic carbocycles. The van der Waals surface area contributed by atoms with E-state index in [1.807, 2.05) is 44.2 Å². The Kier molecular flexibility index (Phi) is 6.49. The second-order valence-electron chi connectivity index (χ2n) is 10.00. The highest BCUT2D eigenvalue weighted by Gasteiger charge is 2.52. The van der Waals surface area contributed by atoms with Gasteiger partial charge in [-0.1, -0.05) is 96.2 Å². The Hall–Kier alpha value is -4.64. The highest BCUT2D eigenvalue weighted by atomic mass is 16.5. The maximum atomic E-state index is 12.4. The monoisotopic (exact) mass is 514 g/mol. The molecular weight excluding hydrogens is 484 g/mol. The van der Waals surface area contributed by atoms with Gasteiger partial charge < -0.3 is 14.6 Å². The van der Waals surface area contributed by atoms with Gasteiger partial charge in [-0.3, -0.25) is 4.79 Å². The first kappa shape index (κ1) is 24.7. The third-order valence-corrected chi connectivity index (χ3v) is 7.46. The summed E-state index contributed by atoms with van der Waals surface area (Å²) in [7, 11) is 0. The molecule has 0 saturated heterocycles. The molecule has 5 heteroatoms. The molecule has 5 aromatic rings. The van der Waals surface area contributed by atoms with Crippen molar-refractivity contribution in [3.63, 3.8) is 0 Å². The van der Waals surface area contributed by atoms with Gasteiger partial charge in [0.25, 0.3) is 0 Å². The molecule has 1 aliphatic rings. The molecule has 1 heterocycles. The third kappa shape index (κ3) is 4.84. The number of aryl methyl sites for hydroxylation is 1. The van der Waals surface area contributed by atoms with E-state index in [1.54, 1.807) is 0 Å². The highest BCUT2D eigenvalue weighted by Crippen LogP contribution is 2.49. The lowest BCUT2D eigenvalue weighted by atomic mass is 9.93. The van der Waals surface area contributed by atoms with Gasteiger partial charge in [-0.05, 0) is 66.6 Å². The Labute approximate surface area is 228 Å². The van der Waals surface area contributed by atoms with Crippen LogP contribution in [0.3, 0.4) is 0 Å². The Morgan fingerprint density at radius 2 is 1.33 bits per heavy atom. The molecule has 0 bridgehead atoms. The minimum absolute atomic E-state index is 0.110. The summed E-state index contributed by atoms with van der Waals surface area (Å²) in [5.74, 6) is 0.590. The number of esters is 1. The van der Waals surface area contributed by atoms with Crippen LogP contribution in [-0.4, -0.2) is 17.7 Å². The Morgan fingerprint density at radius 1 is 0.795 bits per heavy atom. The Morgan fingerprint density at radius 3 is 1.92 bits per heavy atom. The largest absolute Gasteiger partial charge is 0.465 e. The third-order valence-electron chi connectivity index (χ3n) is 7.46. The van der Waals surface area contributed by atoms with Gasteiger partial charge in [-0.2, -0.15) is 0 Å². The lowest BCUT2D eigenvalue weighted by Crippen LogP contribution is -2.23. The summed E-state index contributed by atoms with van der Waals surface area (Å²) in [6, 6.07) is 35.2. The van der Waals surface area contributed by atoms with Crippen LogP contribution in [-0.2, 0) is 14.9 Å². The second kappa shape index (κ2) is 10.3. The van der Waals surface area contributed by atoms with Crippen LogP contribution in [0.2, 0.25) is 0 Å². The molecule has 0 unspecified atom stereocenters. The number of nitrogens with one attached hydrogen (secondary N) is 1. The maximum Gasteiger partial charge on any atom is 0.316 e. The molecular formula is C34H30N2O3. The SMILES string of the molecule is CCOC(=O)C1(c2ccc(-c3ccc(-c4onc(C)c4Nc4ccc(-c5ccccc5)cc4)cc3)cc2)CC1. The van der Waals surface area contributed by atoms with E-state index in [1.165, 1.54) is 11.1 Å². The van der Waals surface area contributed by atoms with Gasteiger partial charge in [0.05, 0.1) is 12.0 Å². The van der Waals surface area contributed by atoms with Crippen LogP contribution < -0.4 is 5.32 Å². The van der Waals surface area contributed by atoms with Crippen LogP contribution >= 0.6 is 0 Å². The fourth-order valence-electron chi connectivity index (χ4n) is 5.04. The molecule has 0 aliphatic heterocycles. The van der Waals surface area contributed by atoms with E-state index in [9.17, 15) is 4.79 Å². The molecule has 1 saturated carbocycles. The van der Waals surface area contributed by atoms with E-state index < -0.39 is 5.41 Å². The molecule has 1 aromatic heterocycles. The molecule has 0 radical (unpaired) electrons. The summed E-state index contributed by atoms with van der Waals surface area (Å²) in [6.07, 6.45) is 1.70. The van der Waals surface area contributed by atoms with Gasteiger partial charge in [0, 0.05) is 11.3 Å². The van der Waals surface area contributed by atoms with Crippen LogP contribution in [0.4, 0.5) is 11.4 Å². The number of rotatable bonds is 8. The predicted molar refractivity (Wildman–Crippen MR) is 155 cm³/mol. The number of nitrogens with zero attached hydrogens (tertiary/aromatic N) is 1. The average molecular weight is 515 g/mol. The number of ether oxygens (including phenoxy) is 1. The number of hydrogen-bond acceptors (Lipinski definition) is 5. The number of hydrogen-bond donors (Lipinski definition) is 1. The number of anilines is 2. The normalized spacial score (nSPS) is 13.6. The van der Waals surface area contributed by atoms with Gasteiger partial charge in [0.2, 0.25) is 0 Å². The number of benzene rings is 4. The molecule has 0 amide bonds. The summed E-state index contributed by atoms with van der Waals surface area (Å²) in [5.41, 5.74) is 8.69. The van der Waals surface area contributed by atoms with Crippen molar-refractivity contribution >= 4 is 17.3 Å². The topological polar surface area (TPSA) is 64.4 Å². The minimum atomic E-state index is -0.451. The fourth-order valence-corrected chi connectivity index (χ4v) is 5.04. The molecule has 39 heavy (non-hydrogen) atoms. The zero-order chi connectivity index (χ0) is 26.8. The van der Waals surface area contributed by atoms with E-state index in [0.717, 1.165) is 52.2 Å². The van der Waals surface area contributed by atoms with Gasteiger partial charge >= 0.3 is 5.97 Å². The molecule has 0 spiro atoms. The van der Waals surface area contributed by atoms with Gasteiger partial charge in [-0.25, -0.2) is 0 Å². The summed E-state index contributed by atoms with van der Waals surface area (Å²) >= 11 is 0. The van der Waals surface area contributed by atoms with Crippen molar-refractivity contribution < 1.29 is 14.1 Å². The average Bonchev–Trinajstić information content (AvgIpc) is 3.73. The summed E-state index contributed by atoms with van der Waals surface area (Å²) in [4.78, 5) is 12.4. The summed E-state index contributed by atoms with van der Waals surface area (Å²) < 4.78 is 11.0. The lowest BCUT2D eigenvalue weighted by molar-refractivity contribution is -0.146. The van der Waals surface area contributed by atoms with Crippen molar-refractivity contribution in [2.45, 2.75) is 32.1 Å². The van der Waals surface area contributed by atoms with E-state index >= 15 is 0 Å². The molecule has 1 aliphatic carbocycles. The van der Waals surface area contributed by atoms with E-state index in [2.05, 4.69) is 83.3 Å². The molecule has 0 atom stereocenters. The lowest BCUT2D eigenvalue weighted by Gasteiger charge is -2.14. The van der Waals surface area contributed by atoms with Crippen molar-refractivity contribution in [1.29, 1.82) is 0 Å². The van der Waals surface area contributed by atoms with Crippen molar-refractivity contribution in [3.05, 3.63) is 114 Å². The smallest absolute Gasteiger partial charge is 0.316 e. The van der Waals surface area contributed by atoms with Crippen molar-refractivity contribution in [2.24, 2.45) is 0 Å². The van der Waals surface area contributed by atoms with Crippen LogP contribution in [0.15, 0.2) is 108 Å². The standard InChI is InChI=1S/C34H30N2O3/c1-3-38-33(37)34(21-22-34)29-17-13-26(14-18-29)25-9-11-28(12-10-25)32-31(23(2)36-39-32)35-30-19-15-27(16-20-30)24-7-5-4-6-8-24/h4-20,35H,3,21-22H2,1-2H3. The van der Waals surface area contributed by atoms with Crippen LogP contribution in [0.5, 0.6) is 0 Å². The van der Waals surface area contributed by atoms with Crippen molar-refractivity contribution in [2.75, 3.05) is 11.9 Å². The number of carbonyl (C=O) groups excluding carboxylic acids is 1. The molecule has 1 N–H and O–H groups in total. The number of aromatic nitrogens is 1. The molecule has 5 nitrogen and oxygen atoms in total. The van der Waals surface area contributed by atoms with Gasteiger partial charge in [0.1, 0.15) is 11.4 Å². The predicted octanol–water partition coefficient (Wildman–Crippen LogP) is 8.32. The minimum Gasteiger partial charge on any atom is -0.465 e. The Bertz CT molecular complexity index is 1580. The summed E-state index contributed by atoms with van der Waals surface area (Å²) in [6.45, 7) is 4.20. The second-order valence-corrected chi connectivity index (χ2v) is 10.00. The van der Waals surface area contributed by atoms with E-state index in [4.69, 9.17) is 9.26 Å². The van der Waals surface area contributed by atoms with Crippen LogP contribution in [0.1, 0.15) is 31.0 Å². The number of carbonyl (C=O) groups is 1. The van der Waals surface area contributed by atoms with Gasteiger partial charge in [-0.15, -0.1) is 0 Å². The molecule has 6 rings (SSSR count). The van der Waals surface area contributed by atoms with E-state index in [-0.39, 0.29) is 5.97 Å². The van der Waals surface area contributed by atoms with Gasteiger partial charge in [0.15, 0.2) is 5.76 Å². The van der Waals surface area contributed by atoms with Crippen LogP contribution in [0, 0.1) is 6.92 Å². The zero-order valence-electron chi connectivity index (χ0n) is 22.1. The van der Waals surface area contributed by atoms with E-state index in [0.29, 0.717) is 12.4 Å². The van der Waals surface area contributed by atoms with Crippen molar-refractivity contribution in [1.82, 2.24) is 5.16 Å². The first-order valence-electron chi connectivity index (χ1n) is 13.3. The molecule has 1 fully saturated rings. The fraction of sp³-hybridized carbons (Fsp3) is 0.176. The summed E-state index contributed by atoms with van der Waals surface area (Å²) in [5, 5.41) is 7.72. The molecule has 194 valence electrons.